The normalized spacial score (nSPS) is 12.4. The van der Waals surface area contributed by atoms with E-state index in [1.807, 2.05) is 0 Å². The van der Waals surface area contributed by atoms with Crippen LogP contribution in [0.15, 0.2) is 40.9 Å². The molecule has 1 nitrogen and oxygen atoms in total. The molecule has 1 unspecified atom stereocenters. The van der Waals surface area contributed by atoms with Crippen molar-refractivity contribution >= 4 is 15.9 Å². The molecule has 0 radical (unpaired) electrons. The summed E-state index contributed by atoms with van der Waals surface area (Å²) in [7, 11) is 0. The Kier molecular flexibility index (Phi) is 4.95. The Bertz CT molecular complexity index is 590. The average Bonchev–Trinajstić information content (AvgIpc) is 2.32. The molecule has 106 valence electrons. The summed E-state index contributed by atoms with van der Waals surface area (Å²) >= 11 is 3.45. The number of hydrogen-bond acceptors (Lipinski definition) is 1. The third-order valence-electron chi connectivity index (χ3n) is 3.27. The summed E-state index contributed by atoms with van der Waals surface area (Å²) < 4.78 is 14.2. The largest absolute Gasteiger partial charge is 0.327 e. The molecule has 2 rings (SSSR count). The lowest BCUT2D eigenvalue weighted by atomic mass is 9.97. The maximum atomic E-state index is 13.3. The predicted octanol–water partition coefficient (Wildman–Crippen LogP) is 4.32. The zero-order chi connectivity index (χ0) is 14.7. The number of rotatable bonds is 4. The van der Waals surface area contributed by atoms with Gasteiger partial charge in [-0.15, -0.1) is 0 Å². The topological polar surface area (TPSA) is 26.0 Å². The van der Waals surface area contributed by atoms with Crippen LogP contribution in [-0.2, 0) is 12.8 Å². The van der Waals surface area contributed by atoms with Crippen molar-refractivity contribution in [1.29, 1.82) is 0 Å². The van der Waals surface area contributed by atoms with E-state index in [0.717, 1.165) is 16.5 Å². The molecule has 0 fully saturated rings. The summed E-state index contributed by atoms with van der Waals surface area (Å²) in [6, 6.07) is 11.2. The third-order valence-corrected chi connectivity index (χ3v) is 4.04. The van der Waals surface area contributed by atoms with E-state index in [0.29, 0.717) is 6.42 Å². The number of nitrogens with two attached hydrogens (primary N) is 1. The third kappa shape index (κ3) is 4.15. The number of aryl methyl sites for hydroxylation is 2. The molecule has 0 aliphatic carbocycles. The molecule has 0 aliphatic heterocycles. The van der Waals surface area contributed by atoms with E-state index in [-0.39, 0.29) is 11.9 Å². The Morgan fingerprint density at radius 1 is 1.05 bits per heavy atom. The van der Waals surface area contributed by atoms with Crippen LogP contribution in [0, 0.1) is 19.7 Å². The summed E-state index contributed by atoms with van der Waals surface area (Å²) in [6.07, 6.45) is 1.46. The summed E-state index contributed by atoms with van der Waals surface area (Å²) in [4.78, 5) is 0. The van der Waals surface area contributed by atoms with Gasteiger partial charge in [-0.2, -0.15) is 0 Å². The molecule has 0 aliphatic rings. The van der Waals surface area contributed by atoms with Gasteiger partial charge in [0.25, 0.3) is 0 Å². The van der Waals surface area contributed by atoms with Crippen molar-refractivity contribution in [3.05, 3.63) is 68.9 Å². The molecule has 0 heterocycles. The highest BCUT2D eigenvalue weighted by Gasteiger charge is 2.09. The zero-order valence-electron chi connectivity index (χ0n) is 11.8. The first kappa shape index (κ1) is 15.2. The Balaban J connectivity index is 2.08. The fraction of sp³-hybridized carbons (Fsp3) is 0.294. The van der Waals surface area contributed by atoms with E-state index < -0.39 is 0 Å². The van der Waals surface area contributed by atoms with Crippen LogP contribution in [0.1, 0.15) is 22.3 Å². The Morgan fingerprint density at radius 3 is 2.35 bits per heavy atom. The van der Waals surface area contributed by atoms with E-state index in [1.165, 1.54) is 22.8 Å². The monoisotopic (exact) mass is 335 g/mol. The van der Waals surface area contributed by atoms with Crippen LogP contribution < -0.4 is 5.73 Å². The molecule has 0 saturated heterocycles. The molecule has 0 bridgehead atoms. The lowest BCUT2D eigenvalue weighted by molar-refractivity contribution is 0.617. The summed E-state index contributed by atoms with van der Waals surface area (Å²) in [5.74, 6) is -0.221. The minimum Gasteiger partial charge on any atom is -0.327 e. The van der Waals surface area contributed by atoms with Gasteiger partial charge in [0.15, 0.2) is 0 Å². The van der Waals surface area contributed by atoms with Crippen molar-refractivity contribution in [3.63, 3.8) is 0 Å². The van der Waals surface area contributed by atoms with Crippen LogP contribution in [0.2, 0.25) is 0 Å². The minimum absolute atomic E-state index is 0.0192. The molecule has 0 spiro atoms. The average molecular weight is 336 g/mol. The van der Waals surface area contributed by atoms with Gasteiger partial charge in [0, 0.05) is 10.5 Å². The van der Waals surface area contributed by atoms with E-state index in [4.69, 9.17) is 5.73 Å². The van der Waals surface area contributed by atoms with Crippen molar-refractivity contribution in [3.8, 4) is 0 Å². The standard InChI is InChI=1S/C17H19BrFN/c1-11-5-12(2)7-13(6-11)8-16(20)10-14-9-15(19)3-4-17(14)18/h3-7,9,16H,8,10,20H2,1-2H3. The lowest BCUT2D eigenvalue weighted by Gasteiger charge is -2.14. The smallest absolute Gasteiger partial charge is 0.123 e. The van der Waals surface area contributed by atoms with Crippen molar-refractivity contribution < 1.29 is 4.39 Å². The minimum atomic E-state index is -0.221. The quantitative estimate of drug-likeness (QED) is 0.884. The maximum Gasteiger partial charge on any atom is 0.123 e. The van der Waals surface area contributed by atoms with Crippen LogP contribution in [-0.4, -0.2) is 6.04 Å². The Morgan fingerprint density at radius 2 is 1.70 bits per heavy atom. The molecular weight excluding hydrogens is 317 g/mol. The van der Waals surface area contributed by atoms with Gasteiger partial charge < -0.3 is 5.73 Å². The van der Waals surface area contributed by atoms with Gasteiger partial charge in [-0.3, -0.25) is 0 Å². The first-order chi connectivity index (χ1) is 9.44. The van der Waals surface area contributed by atoms with E-state index in [9.17, 15) is 4.39 Å². The highest BCUT2D eigenvalue weighted by molar-refractivity contribution is 9.10. The Hall–Kier alpha value is -1.19. The van der Waals surface area contributed by atoms with Gasteiger partial charge in [0.1, 0.15) is 5.82 Å². The molecule has 20 heavy (non-hydrogen) atoms. The second-order valence-electron chi connectivity index (χ2n) is 5.40. The van der Waals surface area contributed by atoms with Crippen LogP contribution in [0.3, 0.4) is 0 Å². The molecule has 0 aromatic heterocycles. The second kappa shape index (κ2) is 6.51. The lowest BCUT2D eigenvalue weighted by Crippen LogP contribution is -2.25. The second-order valence-corrected chi connectivity index (χ2v) is 6.25. The van der Waals surface area contributed by atoms with Gasteiger partial charge in [-0.1, -0.05) is 45.3 Å². The molecular formula is C17H19BrFN. The molecule has 0 amide bonds. The maximum absolute atomic E-state index is 13.3. The van der Waals surface area contributed by atoms with Crippen molar-refractivity contribution in [1.82, 2.24) is 0 Å². The fourth-order valence-electron chi connectivity index (χ4n) is 2.54. The molecule has 2 aromatic carbocycles. The van der Waals surface area contributed by atoms with E-state index >= 15 is 0 Å². The van der Waals surface area contributed by atoms with Gasteiger partial charge in [0.2, 0.25) is 0 Å². The van der Waals surface area contributed by atoms with Gasteiger partial charge in [-0.25, -0.2) is 4.39 Å². The fourth-order valence-corrected chi connectivity index (χ4v) is 2.95. The number of halogens is 2. The van der Waals surface area contributed by atoms with Crippen LogP contribution in [0.5, 0.6) is 0 Å². The van der Waals surface area contributed by atoms with Crippen LogP contribution >= 0.6 is 15.9 Å². The first-order valence-corrected chi connectivity index (χ1v) is 7.50. The summed E-state index contributed by atoms with van der Waals surface area (Å²) in [5, 5.41) is 0. The number of benzene rings is 2. The highest BCUT2D eigenvalue weighted by atomic mass is 79.9. The first-order valence-electron chi connectivity index (χ1n) is 6.70. The molecule has 2 aromatic rings. The van der Waals surface area contributed by atoms with Crippen molar-refractivity contribution in [2.45, 2.75) is 32.7 Å². The van der Waals surface area contributed by atoms with Crippen LogP contribution in [0.4, 0.5) is 4.39 Å². The zero-order valence-corrected chi connectivity index (χ0v) is 13.4. The predicted molar refractivity (Wildman–Crippen MR) is 85.4 cm³/mol. The molecule has 2 N–H and O–H groups in total. The summed E-state index contributed by atoms with van der Waals surface area (Å²) in [6.45, 7) is 4.18. The summed E-state index contributed by atoms with van der Waals surface area (Å²) in [5.41, 5.74) is 10.9. The van der Waals surface area contributed by atoms with Crippen LogP contribution in [0.25, 0.3) is 0 Å². The van der Waals surface area contributed by atoms with Gasteiger partial charge in [-0.05, 0) is 56.0 Å². The van der Waals surface area contributed by atoms with Gasteiger partial charge in [0.05, 0.1) is 0 Å². The highest BCUT2D eigenvalue weighted by Crippen LogP contribution is 2.20. The van der Waals surface area contributed by atoms with Gasteiger partial charge >= 0.3 is 0 Å². The molecule has 3 heteroatoms. The van der Waals surface area contributed by atoms with Crippen molar-refractivity contribution in [2.75, 3.05) is 0 Å². The SMILES string of the molecule is Cc1cc(C)cc(CC(N)Cc2cc(F)ccc2Br)c1. The van der Waals surface area contributed by atoms with E-state index in [1.54, 1.807) is 12.1 Å². The Labute approximate surface area is 128 Å². The van der Waals surface area contributed by atoms with E-state index in [2.05, 4.69) is 48.0 Å². The molecule has 1 atom stereocenters. The molecule has 0 saturated carbocycles. The number of hydrogen-bond donors (Lipinski definition) is 1. The van der Waals surface area contributed by atoms with Crippen molar-refractivity contribution in [2.24, 2.45) is 5.73 Å².